The highest BCUT2D eigenvalue weighted by Crippen LogP contribution is 2.34. The van der Waals surface area contributed by atoms with Crippen LogP contribution in [0.3, 0.4) is 0 Å². The number of benzene rings is 1. The molecule has 0 spiro atoms. The molecule has 3 unspecified atom stereocenters. The van der Waals surface area contributed by atoms with Crippen molar-refractivity contribution in [1.82, 2.24) is 4.90 Å². The molecule has 3 nitrogen and oxygen atoms in total. The summed E-state index contributed by atoms with van der Waals surface area (Å²) in [6, 6.07) is 8.33. The summed E-state index contributed by atoms with van der Waals surface area (Å²) < 4.78 is 1.06. The van der Waals surface area contributed by atoms with Crippen LogP contribution >= 0.6 is 28.3 Å². The van der Waals surface area contributed by atoms with Crippen LogP contribution in [0, 0.1) is 5.92 Å². The Labute approximate surface area is 135 Å². The van der Waals surface area contributed by atoms with Gasteiger partial charge in [-0.2, -0.15) is 0 Å². The van der Waals surface area contributed by atoms with E-state index in [2.05, 4.69) is 28.1 Å². The second-order valence-corrected chi connectivity index (χ2v) is 6.31. The summed E-state index contributed by atoms with van der Waals surface area (Å²) in [6.45, 7) is 4.66. The number of hydrogen-bond acceptors (Lipinski definition) is 2. The van der Waals surface area contributed by atoms with Crippen molar-refractivity contribution < 1.29 is 4.79 Å². The summed E-state index contributed by atoms with van der Waals surface area (Å²) in [4.78, 5) is 14.5. The first-order chi connectivity index (χ1) is 9.00. The fourth-order valence-corrected chi connectivity index (χ4v) is 2.99. The molecule has 5 heteroatoms. The van der Waals surface area contributed by atoms with Gasteiger partial charge in [-0.15, -0.1) is 12.4 Å². The number of hydrogen-bond donors (Lipinski definition) is 1. The number of halogens is 2. The fourth-order valence-electron chi connectivity index (χ4n) is 2.58. The van der Waals surface area contributed by atoms with Gasteiger partial charge in [0, 0.05) is 17.1 Å². The molecule has 1 amide bonds. The van der Waals surface area contributed by atoms with E-state index in [0.717, 1.165) is 23.9 Å². The van der Waals surface area contributed by atoms with Gasteiger partial charge in [-0.25, -0.2) is 0 Å². The molecule has 112 valence electrons. The largest absolute Gasteiger partial charge is 0.335 e. The normalized spacial score (nSPS) is 21.2. The molecule has 20 heavy (non-hydrogen) atoms. The Balaban J connectivity index is 0.00000200. The molecule has 2 N–H and O–H groups in total. The fraction of sp³-hybridized carbons (Fsp3) is 0.533. The minimum atomic E-state index is -0.118. The predicted molar refractivity (Wildman–Crippen MR) is 87.9 cm³/mol. The van der Waals surface area contributed by atoms with Crippen LogP contribution < -0.4 is 5.73 Å². The van der Waals surface area contributed by atoms with E-state index in [1.54, 1.807) is 0 Å². The van der Waals surface area contributed by atoms with Crippen LogP contribution in [-0.2, 0) is 4.79 Å². The minimum absolute atomic E-state index is 0. The Morgan fingerprint density at radius 1 is 1.45 bits per heavy atom. The highest BCUT2D eigenvalue weighted by molar-refractivity contribution is 9.10. The van der Waals surface area contributed by atoms with Crippen molar-refractivity contribution in [3.8, 4) is 0 Å². The Bertz CT molecular complexity index is 467. The molecule has 0 aromatic heterocycles. The van der Waals surface area contributed by atoms with E-state index in [0.29, 0.717) is 0 Å². The first-order valence-electron chi connectivity index (χ1n) is 6.82. The average Bonchev–Trinajstić information content (AvgIpc) is 2.86. The molecule has 0 bridgehead atoms. The third-order valence-electron chi connectivity index (χ3n) is 3.95. The van der Waals surface area contributed by atoms with Gasteiger partial charge in [-0.3, -0.25) is 4.79 Å². The molecular weight excluding hydrogens is 340 g/mol. The summed E-state index contributed by atoms with van der Waals surface area (Å²) in [7, 11) is 0. The lowest BCUT2D eigenvalue weighted by molar-refractivity contribution is -0.136. The highest BCUT2D eigenvalue weighted by atomic mass is 79.9. The van der Waals surface area contributed by atoms with E-state index in [1.807, 2.05) is 30.9 Å². The highest BCUT2D eigenvalue weighted by Gasteiger charge is 2.33. The smallest absolute Gasteiger partial charge is 0.227 e. The van der Waals surface area contributed by atoms with Crippen molar-refractivity contribution in [2.24, 2.45) is 11.7 Å². The van der Waals surface area contributed by atoms with Gasteiger partial charge < -0.3 is 10.6 Å². The van der Waals surface area contributed by atoms with Crippen LogP contribution in [0.25, 0.3) is 0 Å². The number of carbonyl (C=O) groups is 1. The maximum absolute atomic E-state index is 12.5. The number of amides is 1. The Morgan fingerprint density at radius 2 is 2.15 bits per heavy atom. The van der Waals surface area contributed by atoms with Gasteiger partial charge in [0.05, 0.1) is 12.0 Å². The molecular formula is C15H22BrClN2O. The van der Waals surface area contributed by atoms with Crippen LogP contribution in [0.4, 0.5) is 0 Å². The van der Waals surface area contributed by atoms with Crippen molar-refractivity contribution in [2.75, 3.05) is 6.54 Å². The molecule has 3 atom stereocenters. The van der Waals surface area contributed by atoms with Crippen LogP contribution in [0.5, 0.6) is 0 Å². The Kier molecular flexibility index (Phi) is 6.49. The van der Waals surface area contributed by atoms with Crippen molar-refractivity contribution >= 4 is 34.2 Å². The lowest BCUT2D eigenvalue weighted by Crippen LogP contribution is -2.41. The van der Waals surface area contributed by atoms with Gasteiger partial charge in [0.2, 0.25) is 5.91 Å². The zero-order chi connectivity index (χ0) is 14.0. The van der Waals surface area contributed by atoms with Crippen molar-refractivity contribution in [2.45, 2.75) is 38.8 Å². The molecule has 1 aliphatic heterocycles. The lowest BCUT2D eigenvalue weighted by atomic mass is 10.00. The molecule has 1 fully saturated rings. The number of carbonyl (C=O) groups excluding carboxylic acids is 1. The van der Waals surface area contributed by atoms with E-state index < -0.39 is 0 Å². The SMILES string of the molecule is CC(N)C(C)C(=O)N1CCCC1c1cccc(Br)c1.Cl. The zero-order valence-electron chi connectivity index (χ0n) is 11.9. The zero-order valence-corrected chi connectivity index (χ0v) is 14.3. The van der Waals surface area contributed by atoms with Crippen molar-refractivity contribution in [3.05, 3.63) is 34.3 Å². The monoisotopic (exact) mass is 360 g/mol. The molecule has 1 aliphatic rings. The van der Waals surface area contributed by atoms with E-state index in [4.69, 9.17) is 5.73 Å². The molecule has 0 radical (unpaired) electrons. The summed E-state index contributed by atoms with van der Waals surface area (Å²) in [5.41, 5.74) is 7.06. The average molecular weight is 362 g/mol. The molecule has 0 aliphatic carbocycles. The standard InChI is InChI=1S/C15H21BrN2O.ClH/c1-10(11(2)17)15(19)18-8-4-7-14(18)12-5-3-6-13(16)9-12;/h3,5-6,9-11,14H,4,7-8,17H2,1-2H3;1H. The molecule has 1 aromatic carbocycles. The third kappa shape index (κ3) is 3.74. The van der Waals surface area contributed by atoms with E-state index in [1.165, 1.54) is 5.56 Å². The first-order valence-corrected chi connectivity index (χ1v) is 7.61. The molecule has 0 saturated carbocycles. The van der Waals surface area contributed by atoms with E-state index in [-0.39, 0.29) is 36.3 Å². The van der Waals surface area contributed by atoms with Crippen LogP contribution in [0.2, 0.25) is 0 Å². The minimum Gasteiger partial charge on any atom is -0.335 e. The summed E-state index contributed by atoms with van der Waals surface area (Å²) in [5, 5.41) is 0. The second kappa shape index (κ2) is 7.43. The molecule has 1 saturated heterocycles. The van der Waals surface area contributed by atoms with Crippen LogP contribution in [0.1, 0.15) is 38.3 Å². The summed E-state index contributed by atoms with van der Waals surface area (Å²) >= 11 is 3.49. The molecule has 2 rings (SSSR count). The van der Waals surface area contributed by atoms with Gasteiger partial charge in [0.1, 0.15) is 0 Å². The molecule has 1 heterocycles. The van der Waals surface area contributed by atoms with Gasteiger partial charge in [-0.1, -0.05) is 35.0 Å². The summed E-state index contributed by atoms with van der Waals surface area (Å²) in [5.74, 6) is 0.0604. The summed E-state index contributed by atoms with van der Waals surface area (Å²) in [6.07, 6.45) is 2.10. The second-order valence-electron chi connectivity index (χ2n) is 5.39. The van der Waals surface area contributed by atoms with Crippen LogP contribution in [-0.4, -0.2) is 23.4 Å². The number of rotatable bonds is 3. The van der Waals surface area contributed by atoms with Gasteiger partial charge in [-0.05, 0) is 37.5 Å². The quantitative estimate of drug-likeness (QED) is 0.895. The molecule has 1 aromatic rings. The number of likely N-dealkylation sites (tertiary alicyclic amines) is 1. The maximum atomic E-state index is 12.5. The lowest BCUT2D eigenvalue weighted by Gasteiger charge is -2.29. The van der Waals surface area contributed by atoms with Gasteiger partial charge in [0.15, 0.2) is 0 Å². The predicted octanol–water partition coefficient (Wildman–Crippen LogP) is 3.52. The van der Waals surface area contributed by atoms with Crippen molar-refractivity contribution in [1.29, 1.82) is 0 Å². The number of nitrogens with two attached hydrogens (primary N) is 1. The first kappa shape index (κ1) is 17.5. The van der Waals surface area contributed by atoms with E-state index in [9.17, 15) is 4.79 Å². The Hall–Kier alpha value is -0.580. The van der Waals surface area contributed by atoms with Crippen LogP contribution in [0.15, 0.2) is 28.7 Å². The Morgan fingerprint density at radius 3 is 2.75 bits per heavy atom. The van der Waals surface area contributed by atoms with Gasteiger partial charge >= 0.3 is 0 Å². The van der Waals surface area contributed by atoms with Gasteiger partial charge in [0.25, 0.3) is 0 Å². The topological polar surface area (TPSA) is 46.3 Å². The third-order valence-corrected chi connectivity index (χ3v) is 4.44. The van der Waals surface area contributed by atoms with E-state index >= 15 is 0 Å². The maximum Gasteiger partial charge on any atom is 0.227 e. The van der Waals surface area contributed by atoms with Crippen molar-refractivity contribution in [3.63, 3.8) is 0 Å². The number of nitrogens with zero attached hydrogens (tertiary/aromatic N) is 1.